The second-order valence-electron chi connectivity index (χ2n) is 4.24. The summed E-state index contributed by atoms with van der Waals surface area (Å²) in [5.74, 6) is 1.32. The average molecular weight is 313 g/mol. The fourth-order valence-electron chi connectivity index (χ4n) is 1.72. The van der Waals surface area contributed by atoms with Gasteiger partial charge in [0.2, 0.25) is 0 Å². The van der Waals surface area contributed by atoms with E-state index >= 15 is 0 Å². The Balaban J connectivity index is 1.85. The van der Waals surface area contributed by atoms with Gasteiger partial charge < -0.3 is 10.4 Å². The van der Waals surface area contributed by atoms with E-state index < -0.39 is 0 Å². The van der Waals surface area contributed by atoms with Crippen molar-refractivity contribution in [2.45, 2.75) is 6.42 Å². The molecule has 0 saturated carbocycles. The first-order chi connectivity index (χ1) is 9.70. The molecule has 3 nitrogen and oxygen atoms in total. The Morgan fingerprint density at radius 2 is 2.20 bits per heavy atom. The maximum absolute atomic E-state index is 13.1. The number of fused-ring (bicyclic) bond motifs is 1. The third-order valence-electron chi connectivity index (χ3n) is 2.68. The number of carbonyl (C=O) groups is 1. The number of aliphatic hydroxyl groups is 1. The summed E-state index contributed by atoms with van der Waals surface area (Å²) in [7, 11) is 0. The number of halogens is 1. The van der Waals surface area contributed by atoms with Gasteiger partial charge in [-0.15, -0.1) is 11.3 Å². The number of nitrogens with one attached hydrogen (secondary N) is 1. The maximum Gasteiger partial charge on any atom is 0.261 e. The molecule has 1 amide bonds. The Morgan fingerprint density at radius 3 is 3.00 bits per heavy atom. The third kappa shape index (κ3) is 4.19. The maximum atomic E-state index is 13.1. The molecular formula is C14H16FNO2S2. The monoisotopic (exact) mass is 313 g/mol. The Hall–Kier alpha value is -1.11. The predicted octanol–water partition coefficient (Wildman–Crippen LogP) is 2.89. The zero-order valence-electron chi connectivity index (χ0n) is 10.9. The van der Waals surface area contributed by atoms with Crippen LogP contribution in [0.3, 0.4) is 0 Å². The quantitative estimate of drug-likeness (QED) is 0.773. The molecular weight excluding hydrogens is 297 g/mol. The third-order valence-corrected chi connectivity index (χ3v) is 4.87. The van der Waals surface area contributed by atoms with Crippen molar-refractivity contribution in [2.75, 3.05) is 24.7 Å². The highest BCUT2D eigenvalue weighted by Crippen LogP contribution is 2.26. The minimum atomic E-state index is -0.289. The van der Waals surface area contributed by atoms with Crippen LogP contribution in [-0.2, 0) is 0 Å². The van der Waals surface area contributed by atoms with E-state index in [4.69, 9.17) is 5.11 Å². The minimum Gasteiger partial charge on any atom is -0.396 e. The topological polar surface area (TPSA) is 49.3 Å². The number of hydrogen-bond donors (Lipinski definition) is 2. The Morgan fingerprint density at radius 1 is 1.35 bits per heavy atom. The van der Waals surface area contributed by atoms with Crippen molar-refractivity contribution in [3.05, 3.63) is 35.0 Å². The Labute approximate surface area is 125 Å². The van der Waals surface area contributed by atoms with Crippen LogP contribution in [0.2, 0.25) is 0 Å². The van der Waals surface area contributed by atoms with Crippen LogP contribution in [0.5, 0.6) is 0 Å². The highest BCUT2D eigenvalue weighted by Gasteiger charge is 2.10. The first-order valence-electron chi connectivity index (χ1n) is 6.36. The molecule has 0 saturated heterocycles. The second-order valence-corrected chi connectivity index (χ2v) is 6.55. The summed E-state index contributed by atoms with van der Waals surface area (Å²) < 4.78 is 14.0. The molecule has 0 fully saturated rings. The van der Waals surface area contributed by atoms with Gasteiger partial charge >= 0.3 is 0 Å². The molecule has 0 aliphatic carbocycles. The summed E-state index contributed by atoms with van der Waals surface area (Å²) in [6.45, 7) is 0.801. The summed E-state index contributed by atoms with van der Waals surface area (Å²) in [6, 6.07) is 6.25. The molecule has 0 spiro atoms. The number of carbonyl (C=O) groups excluding carboxylic acids is 1. The fourth-order valence-corrected chi connectivity index (χ4v) is 3.46. The fraction of sp³-hybridized carbons (Fsp3) is 0.357. The van der Waals surface area contributed by atoms with Crippen molar-refractivity contribution >= 4 is 39.1 Å². The standard InChI is InChI=1S/C14H16FNO2S2/c15-11-2-3-12-10(8-11)9-13(20-12)14(18)16-4-7-19-6-1-5-17/h2-3,8-9,17H,1,4-7H2,(H,16,18). The summed E-state index contributed by atoms with van der Waals surface area (Å²) in [5, 5.41) is 12.2. The molecule has 0 atom stereocenters. The molecule has 20 heavy (non-hydrogen) atoms. The highest BCUT2D eigenvalue weighted by molar-refractivity contribution is 7.99. The molecule has 2 N–H and O–H groups in total. The van der Waals surface area contributed by atoms with Crippen molar-refractivity contribution in [3.63, 3.8) is 0 Å². The van der Waals surface area contributed by atoms with Crippen LogP contribution >= 0.6 is 23.1 Å². The van der Waals surface area contributed by atoms with E-state index in [9.17, 15) is 9.18 Å². The SMILES string of the molecule is O=C(NCCSCCCO)c1cc2cc(F)ccc2s1. The molecule has 0 unspecified atom stereocenters. The van der Waals surface area contributed by atoms with Gasteiger partial charge in [0.05, 0.1) is 4.88 Å². The Kier molecular flexibility index (Phi) is 5.82. The largest absolute Gasteiger partial charge is 0.396 e. The molecule has 1 aromatic carbocycles. The molecule has 0 radical (unpaired) electrons. The number of amides is 1. The van der Waals surface area contributed by atoms with Gasteiger partial charge in [-0.2, -0.15) is 11.8 Å². The van der Waals surface area contributed by atoms with Crippen LogP contribution in [0, 0.1) is 5.82 Å². The number of rotatable bonds is 7. The van der Waals surface area contributed by atoms with Crippen molar-refractivity contribution in [3.8, 4) is 0 Å². The van der Waals surface area contributed by atoms with E-state index in [-0.39, 0.29) is 18.3 Å². The number of hydrogen-bond acceptors (Lipinski definition) is 4. The molecule has 1 heterocycles. The summed E-state index contributed by atoms with van der Waals surface area (Å²) in [6.07, 6.45) is 0.778. The number of thiophene rings is 1. The predicted molar refractivity (Wildman–Crippen MR) is 83.1 cm³/mol. The van der Waals surface area contributed by atoms with Crippen molar-refractivity contribution in [2.24, 2.45) is 0 Å². The van der Waals surface area contributed by atoms with Crippen LogP contribution < -0.4 is 5.32 Å². The molecule has 0 aliphatic rings. The first-order valence-corrected chi connectivity index (χ1v) is 8.34. The van der Waals surface area contributed by atoms with Gasteiger partial charge in [0.1, 0.15) is 5.82 Å². The highest BCUT2D eigenvalue weighted by atomic mass is 32.2. The molecule has 1 aromatic heterocycles. The van der Waals surface area contributed by atoms with E-state index in [1.165, 1.54) is 23.5 Å². The lowest BCUT2D eigenvalue weighted by Gasteiger charge is -2.02. The van der Waals surface area contributed by atoms with Crippen LogP contribution in [0.25, 0.3) is 10.1 Å². The van der Waals surface area contributed by atoms with Crippen LogP contribution in [0.1, 0.15) is 16.1 Å². The average Bonchev–Trinajstić information content (AvgIpc) is 2.85. The molecule has 0 bridgehead atoms. The van der Waals surface area contributed by atoms with Crippen LogP contribution in [0.15, 0.2) is 24.3 Å². The van der Waals surface area contributed by atoms with Gasteiger partial charge in [-0.3, -0.25) is 4.79 Å². The van der Waals surface area contributed by atoms with Crippen molar-refractivity contribution < 1.29 is 14.3 Å². The zero-order chi connectivity index (χ0) is 14.4. The lowest BCUT2D eigenvalue weighted by atomic mass is 10.2. The van der Waals surface area contributed by atoms with Gasteiger partial charge in [-0.05, 0) is 41.8 Å². The summed E-state index contributed by atoms with van der Waals surface area (Å²) in [4.78, 5) is 12.5. The zero-order valence-corrected chi connectivity index (χ0v) is 12.5. The van der Waals surface area contributed by atoms with Gasteiger partial charge in [0.25, 0.3) is 5.91 Å². The van der Waals surface area contributed by atoms with E-state index in [0.717, 1.165) is 28.0 Å². The van der Waals surface area contributed by atoms with E-state index in [2.05, 4.69) is 5.32 Å². The van der Waals surface area contributed by atoms with Gasteiger partial charge in [0, 0.05) is 23.6 Å². The van der Waals surface area contributed by atoms with Gasteiger partial charge in [-0.1, -0.05) is 0 Å². The normalized spacial score (nSPS) is 10.9. The smallest absolute Gasteiger partial charge is 0.261 e. The van der Waals surface area contributed by atoms with Gasteiger partial charge in [0.15, 0.2) is 0 Å². The van der Waals surface area contributed by atoms with Crippen LogP contribution in [0.4, 0.5) is 4.39 Å². The van der Waals surface area contributed by atoms with Gasteiger partial charge in [-0.25, -0.2) is 4.39 Å². The van der Waals surface area contributed by atoms with E-state index in [1.54, 1.807) is 23.9 Å². The number of thioether (sulfide) groups is 1. The number of aliphatic hydroxyl groups excluding tert-OH is 1. The molecule has 2 aromatic rings. The molecule has 2 rings (SSSR count). The molecule has 108 valence electrons. The van der Waals surface area contributed by atoms with Crippen molar-refractivity contribution in [1.29, 1.82) is 0 Å². The summed E-state index contributed by atoms with van der Waals surface area (Å²) in [5.41, 5.74) is 0. The van der Waals surface area contributed by atoms with Crippen molar-refractivity contribution in [1.82, 2.24) is 5.32 Å². The van der Waals surface area contributed by atoms with E-state index in [0.29, 0.717) is 11.4 Å². The molecule has 0 aliphatic heterocycles. The lowest BCUT2D eigenvalue weighted by molar-refractivity contribution is 0.0960. The summed E-state index contributed by atoms with van der Waals surface area (Å²) >= 11 is 3.07. The first kappa shape index (κ1) is 15.3. The second kappa shape index (κ2) is 7.61. The lowest BCUT2D eigenvalue weighted by Crippen LogP contribution is -2.24. The minimum absolute atomic E-state index is 0.116. The number of benzene rings is 1. The van der Waals surface area contributed by atoms with Crippen LogP contribution in [-0.4, -0.2) is 35.7 Å². The van der Waals surface area contributed by atoms with E-state index in [1.807, 2.05) is 0 Å². The Bertz CT molecular complexity index is 586. The molecule has 6 heteroatoms.